The second-order valence-electron chi connectivity index (χ2n) is 8.69. The Balaban J connectivity index is 1.43. The minimum Gasteiger partial charge on any atom is -0.353 e. The number of anilines is 1. The molecule has 6 heteroatoms. The largest absolute Gasteiger partial charge is 0.353 e. The molecule has 0 amide bonds. The van der Waals surface area contributed by atoms with Crippen molar-refractivity contribution in [1.82, 2.24) is 20.5 Å². The smallest absolute Gasteiger partial charge is 0.146 e. The van der Waals surface area contributed by atoms with Gasteiger partial charge in [-0.3, -0.25) is 5.10 Å². The SMILES string of the molecule is N#Cc1cc(-c2ccc3[nH]ncc3c2)c(C2CC2)nc1N1CCN[C@H](C2CC2)C1. The highest BCUT2D eigenvalue weighted by atomic mass is 15.2. The molecule has 146 valence electrons. The molecule has 6 nitrogen and oxygen atoms in total. The fraction of sp³-hybridized carbons (Fsp3) is 0.435. The van der Waals surface area contributed by atoms with Crippen LogP contribution in [0.1, 0.15) is 42.9 Å². The van der Waals surface area contributed by atoms with Crippen molar-refractivity contribution < 1.29 is 0 Å². The lowest BCUT2D eigenvalue weighted by molar-refractivity contribution is 0.417. The van der Waals surface area contributed by atoms with E-state index < -0.39 is 0 Å². The highest BCUT2D eigenvalue weighted by molar-refractivity contribution is 5.85. The van der Waals surface area contributed by atoms with E-state index in [4.69, 9.17) is 4.98 Å². The Bertz CT molecular complexity index is 1120. The Morgan fingerprint density at radius 1 is 1.14 bits per heavy atom. The zero-order valence-electron chi connectivity index (χ0n) is 16.4. The van der Waals surface area contributed by atoms with Gasteiger partial charge in [-0.25, -0.2) is 4.98 Å². The Hall–Kier alpha value is -2.91. The molecule has 6 rings (SSSR count). The number of rotatable bonds is 4. The standard InChI is InChI=1S/C23H24N6/c24-11-17-10-19(16-5-6-20-18(9-16)12-26-28-20)22(15-3-4-15)27-23(17)29-8-7-25-21(13-29)14-1-2-14/h5-6,9-10,12,14-15,21,25H,1-4,7-8,13H2,(H,26,28)/t21-/m0/s1. The summed E-state index contributed by atoms with van der Waals surface area (Å²) in [5, 5.41) is 21.8. The predicted octanol–water partition coefficient (Wildman–Crippen LogP) is 3.56. The van der Waals surface area contributed by atoms with E-state index in [1.54, 1.807) is 0 Å². The summed E-state index contributed by atoms with van der Waals surface area (Å²) < 4.78 is 0. The van der Waals surface area contributed by atoms with Crippen LogP contribution in [-0.2, 0) is 0 Å². The number of piperazine rings is 1. The highest BCUT2D eigenvalue weighted by Gasteiger charge is 2.36. The number of aromatic amines is 1. The van der Waals surface area contributed by atoms with Gasteiger partial charge in [0.1, 0.15) is 11.9 Å². The maximum Gasteiger partial charge on any atom is 0.146 e. The van der Waals surface area contributed by atoms with Crippen LogP contribution in [0, 0.1) is 17.2 Å². The highest BCUT2D eigenvalue weighted by Crippen LogP contribution is 2.45. The molecule has 3 aliphatic rings. The van der Waals surface area contributed by atoms with E-state index in [0.717, 1.165) is 59.1 Å². The van der Waals surface area contributed by atoms with Crippen LogP contribution in [0.2, 0.25) is 0 Å². The molecule has 2 aromatic heterocycles. The van der Waals surface area contributed by atoms with Crippen molar-refractivity contribution in [3.8, 4) is 17.2 Å². The van der Waals surface area contributed by atoms with Crippen LogP contribution in [0.5, 0.6) is 0 Å². The molecule has 2 aliphatic carbocycles. The summed E-state index contributed by atoms with van der Waals surface area (Å²) in [5.41, 5.74) is 5.09. The second-order valence-corrected chi connectivity index (χ2v) is 8.69. The van der Waals surface area contributed by atoms with Crippen LogP contribution in [0.4, 0.5) is 5.82 Å². The van der Waals surface area contributed by atoms with E-state index in [1.807, 2.05) is 6.20 Å². The molecule has 29 heavy (non-hydrogen) atoms. The van der Waals surface area contributed by atoms with Gasteiger partial charge >= 0.3 is 0 Å². The van der Waals surface area contributed by atoms with Gasteiger partial charge in [0, 0.05) is 42.5 Å². The van der Waals surface area contributed by atoms with Crippen LogP contribution in [0.3, 0.4) is 0 Å². The summed E-state index contributed by atoms with van der Waals surface area (Å²) in [6.07, 6.45) is 6.87. The molecule has 0 radical (unpaired) electrons. The number of hydrogen-bond acceptors (Lipinski definition) is 5. The van der Waals surface area contributed by atoms with Gasteiger partial charge in [-0.1, -0.05) is 6.07 Å². The molecule has 0 unspecified atom stereocenters. The molecule has 1 aromatic carbocycles. The lowest BCUT2D eigenvalue weighted by Gasteiger charge is -2.35. The number of nitriles is 1. The quantitative estimate of drug-likeness (QED) is 0.719. The van der Waals surface area contributed by atoms with Gasteiger partial charge in [-0.05, 0) is 55.4 Å². The number of fused-ring (bicyclic) bond motifs is 1. The van der Waals surface area contributed by atoms with Crippen LogP contribution in [0.15, 0.2) is 30.5 Å². The Morgan fingerprint density at radius 3 is 2.83 bits per heavy atom. The van der Waals surface area contributed by atoms with Crippen LogP contribution in [0.25, 0.3) is 22.0 Å². The molecule has 3 fully saturated rings. The third-order valence-corrected chi connectivity index (χ3v) is 6.56. The van der Waals surface area contributed by atoms with Gasteiger partial charge in [0.25, 0.3) is 0 Å². The Kier molecular flexibility index (Phi) is 3.85. The van der Waals surface area contributed by atoms with Gasteiger partial charge in [0.2, 0.25) is 0 Å². The second kappa shape index (κ2) is 6.57. The fourth-order valence-corrected chi connectivity index (χ4v) is 4.64. The average Bonchev–Trinajstić information content (AvgIpc) is 3.69. The molecule has 2 N–H and O–H groups in total. The van der Waals surface area contributed by atoms with Crippen molar-refractivity contribution in [1.29, 1.82) is 5.26 Å². The number of benzene rings is 1. The van der Waals surface area contributed by atoms with Gasteiger partial charge in [0.05, 0.1) is 23.0 Å². The normalized spacial score (nSPS) is 22.0. The summed E-state index contributed by atoms with van der Waals surface area (Å²) in [7, 11) is 0. The maximum absolute atomic E-state index is 9.94. The molecule has 0 spiro atoms. The van der Waals surface area contributed by atoms with Crippen molar-refractivity contribution in [3.63, 3.8) is 0 Å². The minimum atomic E-state index is 0.513. The van der Waals surface area contributed by atoms with Crippen molar-refractivity contribution in [2.24, 2.45) is 5.92 Å². The van der Waals surface area contributed by atoms with Gasteiger partial charge in [-0.2, -0.15) is 10.4 Å². The summed E-state index contributed by atoms with van der Waals surface area (Å²) in [6.45, 7) is 2.83. The number of nitrogens with zero attached hydrogens (tertiary/aromatic N) is 4. The average molecular weight is 384 g/mol. The first-order chi connectivity index (χ1) is 14.3. The molecule has 1 aliphatic heterocycles. The molecule has 0 bridgehead atoms. The molecule has 3 aromatic rings. The monoisotopic (exact) mass is 384 g/mol. The molecule has 1 saturated heterocycles. The van der Waals surface area contributed by atoms with Gasteiger partial charge in [-0.15, -0.1) is 0 Å². The van der Waals surface area contributed by atoms with Crippen molar-refractivity contribution >= 4 is 16.7 Å². The summed E-state index contributed by atoms with van der Waals surface area (Å²) in [5.74, 6) is 2.19. The minimum absolute atomic E-state index is 0.513. The van der Waals surface area contributed by atoms with Crippen LogP contribution < -0.4 is 10.2 Å². The number of pyridine rings is 1. The van der Waals surface area contributed by atoms with E-state index in [-0.39, 0.29) is 0 Å². The van der Waals surface area contributed by atoms with E-state index in [9.17, 15) is 5.26 Å². The summed E-state index contributed by atoms with van der Waals surface area (Å²) in [6, 6.07) is 11.4. The number of H-pyrrole nitrogens is 1. The zero-order valence-corrected chi connectivity index (χ0v) is 16.4. The van der Waals surface area contributed by atoms with Crippen molar-refractivity contribution in [2.45, 2.75) is 37.6 Å². The number of nitrogens with one attached hydrogen (secondary N) is 2. The first-order valence-electron chi connectivity index (χ1n) is 10.7. The summed E-state index contributed by atoms with van der Waals surface area (Å²) in [4.78, 5) is 7.48. The Labute approximate surface area is 169 Å². The molecular formula is C23H24N6. The first kappa shape index (κ1) is 17.0. The maximum atomic E-state index is 9.94. The number of aromatic nitrogens is 3. The molecule has 1 atom stereocenters. The van der Waals surface area contributed by atoms with Gasteiger partial charge < -0.3 is 10.2 Å². The van der Waals surface area contributed by atoms with E-state index >= 15 is 0 Å². The van der Waals surface area contributed by atoms with E-state index in [1.165, 1.54) is 25.7 Å². The molecule has 2 saturated carbocycles. The molecule has 3 heterocycles. The molecular weight excluding hydrogens is 360 g/mol. The van der Waals surface area contributed by atoms with Crippen molar-refractivity contribution in [3.05, 3.63) is 41.7 Å². The third kappa shape index (κ3) is 3.06. The lowest BCUT2D eigenvalue weighted by Crippen LogP contribution is -2.52. The third-order valence-electron chi connectivity index (χ3n) is 6.56. The first-order valence-corrected chi connectivity index (χ1v) is 10.7. The fourth-order valence-electron chi connectivity index (χ4n) is 4.64. The van der Waals surface area contributed by atoms with E-state index in [0.29, 0.717) is 17.5 Å². The van der Waals surface area contributed by atoms with Gasteiger partial charge in [0.15, 0.2) is 0 Å². The van der Waals surface area contributed by atoms with E-state index in [2.05, 4.69) is 50.7 Å². The van der Waals surface area contributed by atoms with Crippen LogP contribution >= 0.6 is 0 Å². The zero-order chi connectivity index (χ0) is 19.4. The summed E-state index contributed by atoms with van der Waals surface area (Å²) >= 11 is 0. The van der Waals surface area contributed by atoms with Crippen molar-refractivity contribution in [2.75, 3.05) is 24.5 Å². The van der Waals surface area contributed by atoms with Crippen LogP contribution in [-0.4, -0.2) is 40.9 Å². The number of hydrogen-bond donors (Lipinski definition) is 2. The Morgan fingerprint density at radius 2 is 2.03 bits per heavy atom. The predicted molar refractivity (Wildman–Crippen MR) is 113 cm³/mol. The lowest BCUT2D eigenvalue weighted by atomic mass is 9.98. The topological polar surface area (TPSA) is 80.6 Å².